The number of aromatic nitrogens is 3. The number of aromatic amines is 1. The van der Waals surface area contributed by atoms with E-state index in [0.717, 1.165) is 42.3 Å². The molecule has 8 nitrogen and oxygen atoms in total. The van der Waals surface area contributed by atoms with Gasteiger partial charge < -0.3 is 9.80 Å². The molecule has 2 fully saturated rings. The fourth-order valence-electron chi connectivity index (χ4n) is 4.69. The lowest BCUT2D eigenvalue weighted by Crippen LogP contribution is -2.41. The molecule has 5 rings (SSSR count). The zero-order valence-electron chi connectivity index (χ0n) is 18.1. The first kappa shape index (κ1) is 20.5. The number of piperidine rings is 2. The predicted molar refractivity (Wildman–Crippen MR) is 124 cm³/mol. The number of hydrogen-bond donors (Lipinski definition) is 2. The molecule has 0 radical (unpaired) electrons. The van der Waals surface area contributed by atoms with Gasteiger partial charge in [0, 0.05) is 37.7 Å². The van der Waals surface area contributed by atoms with E-state index in [2.05, 4.69) is 25.4 Å². The molecule has 2 aliphatic heterocycles. The highest BCUT2D eigenvalue weighted by atomic mass is 16.2. The lowest BCUT2D eigenvalue weighted by atomic mass is 9.95. The van der Waals surface area contributed by atoms with Crippen molar-refractivity contribution in [3.05, 3.63) is 48.0 Å². The second kappa shape index (κ2) is 8.98. The van der Waals surface area contributed by atoms with Crippen molar-refractivity contribution in [3.8, 4) is 0 Å². The summed E-state index contributed by atoms with van der Waals surface area (Å²) in [5.41, 5.74) is 0.720. The van der Waals surface area contributed by atoms with E-state index in [4.69, 9.17) is 0 Å². The number of anilines is 2. The standard InChI is InChI=1S/C24H28N6O2/c31-21(25-23-26-24(28-27-23)30-13-4-1-5-14-30)18-11-15-29(16-12-18)22(32)20-10-6-8-17-7-2-3-9-19(17)20/h2-3,6-10,18H,1,4-5,11-16H2,(H2,25,26,27,28,31). The molecule has 2 N–H and O–H groups in total. The molecule has 32 heavy (non-hydrogen) atoms. The van der Waals surface area contributed by atoms with Gasteiger partial charge in [0.05, 0.1) is 0 Å². The Morgan fingerprint density at radius 2 is 1.69 bits per heavy atom. The minimum absolute atomic E-state index is 0.0297. The zero-order valence-corrected chi connectivity index (χ0v) is 18.1. The lowest BCUT2D eigenvalue weighted by Gasteiger charge is -2.31. The normalized spacial score (nSPS) is 17.5. The van der Waals surface area contributed by atoms with Gasteiger partial charge in [-0.05, 0) is 48.9 Å². The summed E-state index contributed by atoms with van der Waals surface area (Å²) < 4.78 is 0. The fraction of sp³-hybridized carbons (Fsp3) is 0.417. The van der Waals surface area contributed by atoms with Crippen molar-refractivity contribution in [1.82, 2.24) is 20.1 Å². The van der Waals surface area contributed by atoms with Gasteiger partial charge in [-0.2, -0.15) is 4.98 Å². The summed E-state index contributed by atoms with van der Waals surface area (Å²) in [4.78, 5) is 34.3. The van der Waals surface area contributed by atoms with E-state index in [1.54, 1.807) is 0 Å². The Balaban J connectivity index is 1.18. The van der Waals surface area contributed by atoms with Crippen LogP contribution in [0.2, 0.25) is 0 Å². The number of nitrogens with zero attached hydrogens (tertiary/aromatic N) is 4. The van der Waals surface area contributed by atoms with Crippen LogP contribution >= 0.6 is 0 Å². The van der Waals surface area contributed by atoms with E-state index in [0.29, 0.717) is 37.8 Å². The van der Waals surface area contributed by atoms with Gasteiger partial charge in [0.15, 0.2) is 0 Å². The third kappa shape index (κ3) is 4.17. The first-order valence-electron chi connectivity index (χ1n) is 11.4. The molecule has 3 heterocycles. The van der Waals surface area contributed by atoms with Crippen molar-refractivity contribution >= 4 is 34.5 Å². The first-order chi connectivity index (χ1) is 15.7. The maximum Gasteiger partial charge on any atom is 0.254 e. The molecule has 166 valence electrons. The monoisotopic (exact) mass is 432 g/mol. The summed E-state index contributed by atoms with van der Waals surface area (Å²) in [6.45, 7) is 3.04. The minimum Gasteiger partial charge on any atom is -0.340 e. The van der Waals surface area contributed by atoms with Crippen molar-refractivity contribution < 1.29 is 9.59 Å². The third-order valence-electron chi connectivity index (χ3n) is 6.53. The molecule has 2 amide bonds. The second-order valence-electron chi connectivity index (χ2n) is 8.61. The van der Waals surface area contributed by atoms with Crippen LogP contribution in [0.15, 0.2) is 42.5 Å². The van der Waals surface area contributed by atoms with Gasteiger partial charge in [-0.1, -0.05) is 36.4 Å². The van der Waals surface area contributed by atoms with Gasteiger partial charge in [0.2, 0.25) is 17.8 Å². The molecule has 0 spiro atoms. The van der Waals surface area contributed by atoms with Gasteiger partial charge >= 0.3 is 0 Å². The van der Waals surface area contributed by atoms with Crippen LogP contribution in [-0.4, -0.2) is 58.1 Å². The molecule has 2 saturated heterocycles. The predicted octanol–water partition coefficient (Wildman–Crippen LogP) is 3.44. The highest BCUT2D eigenvalue weighted by Gasteiger charge is 2.29. The summed E-state index contributed by atoms with van der Waals surface area (Å²) in [6, 6.07) is 13.8. The first-order valence-corrected chi connectivity index (χ1v) is 11.4. The molecule has 0 aliphatic carbocycles. The van der Waals surface area contributed by atoms with Crippen LogP contribution in [0.25, 0.3) is 10.8 Å². The average molecular weight is 433 g/mol. The minimum atomic E-state index is -0.143. The number of amides is 2. The van der Waals surface area contributed by atoms with Crippen LogP contribution < -0.4 is 10.2 Å². The third-order valence-corrected chi connectivity index (χ3v) is 6.53. The number of nitrogens with one attached hydrogen (secondary N) is 2. The van der Waals surface area contributed by atoms with E-state index in [1.165, 1.54) is 6.42 Å². The Labute approximate surface area is 187 Å². The Bertz CT molecular complexity index is 1110. The Morgan fingerprint density at radius 3 is 2.50 bits per heavy atom. The van der Waals surface area contributed by atoms with Gasteiger partial charge in [0.1, 0.15) is 0 Å². The maximum absolute atomic E-state index is 13.1. The zero-order chi connectivity index (χ0) is 21.9. The number of benzene rings is 2. The SMILES string of the molecule is O=C(Nc1nc(N2CCCCC2)n[nH]1)C1CCN(C(=O)c2cccc3ccccc23)CC1. The van der Waals surface area contributed by atoms with Gasteiger partial charge in [-0.15, -0.1) is 5.10 Å². The quantitative estimate of drug-likeness (QED) is 0.659. The van der Waals surface area contributed by atoms with Crippen LogP contribution in [0.1, 0.15) is 42.5 Å². The lowest BCUT2D eigenvalue weighted by molar-refractivity contribution is -0.121. The molecule has 0 bridgehead atoms. The molecule has 1 aromatic heterocycles. The topological polar surface area (TPSA) is 94.2 Å². The Kier molecular flexibility index (Phi) is 5.75. The highest BCUT2D eigenvalue weighted by Crippen LogP contribution is 2.24. The van der Waals surface area contributed by atoms with E-state index < -0.39 is 0 Å². The summed E-state index contributed by atoms with van der Waals surface area (Å²) in [5, 5.41) is 12.0. The van der Waals surface area contributed by atoms with E-state index in [9.17, 15) is 9.59 Å². The van der Waals surface area contributed by atoms with Crippen molar-refractivity contribution in [1.29, 1.82) is 0 Å². The largest absolute Gasteiger partial charge is 0.340 e. The van der Waals surface area contributed by atoms with Crippen molar-refractivity contribution in [3.63, 3.8) is 0 Å². The summed E-state index contributed by atoms with van der Waals surface area (Å²) in [6.07, 6.45) is 4.80. The molecule has 0 unspecified atom stereocenters. The van der Waals surface area contributed by atoms with Crippen LogP contribution in [0.4, 0.5) is 11.9 Å². The van der Waals surface area contributed by atoms with Crippen LogP contribution in [0.5, 0.6) is 0 Å². The molecular formula is C24H28N6O2. The molecule has 3 aromatic rings. The van der Waals surface area contributed by atoms with E-state index in [1.807, 2.05) is 47.4 Å². The van der Waals surface area contributed by atoms with Crippen LogP contribution in [0, 0.1) is 5.92 Å². The molecule has 8 heteroatoms. The molecule has 2 aromatic carbocycles. The van der Waals surface area contributed by atoms with Crippen LogP contribution in [-0.2, 0) is 4.79 Å². The highest BCUT2D eigenvalue weighted by molar-refractivity contribution is 6.07. The van der Waals surface area contributed by atoms with Crippen LogP contribution in [0.3, 0.4) is 0 Å². The summed E-state index contributed by atoms with van der Waals surface area (Å²) in [7, 11) is 0. The average Bonchev–Trinajstić information content (AvgIpc) is 3.32. The van der Waals surface area contributed by atoms with E-state index >= 15 is 0 Å². The smallest absolute Gasteiger partial charge is 0.254 e. The van der Waals surface area contributed by atoms with Crippen molar-refractivity contribution in [2.24, 2.45) is 5.92 Å². The van der Waals surface area contributed by atoms with Gasteiger partial charge in [-0.25, -0.2) is 5.10 Å². The molecule has 0 saturated carbocycles. The Morgan fingerprint density at radius 1 is 0.938 bits per heavy atom. The second-order valence-corrected chi connectivity index (χ2v) is 8.61. The molecule has 0 atom stereocenters. The molecule has 2 aliphatic rings. The van der Waals surface area contributed by atoms with Crippen molar-refractivity contribution in [2.75, 3.05) is 36.4 Å². The maximum atomic E-state index is 13.1. The fourth-order valence-corrected chi connectivity index (χ4v) is 4.69. The van der Waals surface area contributed by atoms with Gasteiger partial charge in [0.25, 0.3) is 5.91 Å². The molecular weight excluding hydrogens is 404 g/mol. The number of hydrogen-bond acceptors (Lipinski definition) is 5. The summed E-state index contributed by atoms with van der Waals surface area (Å²) in [5.74, 6) is 0.862. The Hall–Kier alpha value is -3.42. The number of H-pyrrole nitrogens is 1. The number of fused-ring (bicyclic) bond motifs is 1. The van der Waals surface area contributed by atoms with E-state index in [-0.39, 0.29) is 17.7 Å². The van der Waals surface area contributed by atoms with Crippen molar-refractivity contribution in [2.45, 2.75) is 32.1 Å². The number of rotatable bonds is 4. The number of carbonyl (C=O) groups is 2. The van der Waals surface area contributed by atoms with Gasteiger partial charge in [-0.3, -0.25) is 14.9 Å². The summed E-state index contributed by atoms with van der Waals surface area (Å²) >= 11 is 0. The number of likely N-dealkylation sites (tertiary alicyclic amines) is 1. The number of carbonyl (C=O) groups excluding carboxylic acids is 2.